The Labute approximate surface area is 513 Å². The Hall–Kier alpha value is -10.8. The van der Waals surface area contributed by atoms with Crippen molar-refractivity contribution in [2.75, 3.05) is 25.8 Å². The normalized spacial score (nSPS) is 14.9. The molecule has 0 radical (unpaired) electrons. The molecule has 0 aliphatic carbocycles. The van der Waals surface area contributed by atoms with Gasteiger partial charge in [0, 0.05) is 84.3 Å². The second-order valence-corrected chi connectivity index (χ2v) is 25.5. The molecule has 0 amide bonds. The molecule has 88 heavy (non-hydrogen) atoms. The van der Waals surface area contributed by atoms with E-state index >= 15 is 0 Å². The van der Waals surface area contributed by atoms with Gasteiger partial charge in [-0.25, -0.2) is 0 Å². The molecule has 17 rings (SSSR count). The van der Waals surface area contributed by atoms with Gasteiger partial charge in [-0.2, -0.15) is 0 Å². The van der Waals surface area contributed by atoms with Crippen LogP contribution in [-0.4, -0.2) is 4.57 Å². The number of nitrogens with zero attached hydrogens (tertiary/aromatic N) is 3. The first kappa shape index (κ1) is 51.6. The van der Waals surface area contributed by atoms with E-state index in [1.54, 1.807) is 0 Å². The highest BCUT2D eigenvalue weighted by molar-refractivity contribution is 6.10. The molecule has 0 fully saturated rings. The van der Waals surface area contributed by atoms with Gasteiger partial charge in [-0.3, -0.25) is 0 Å². The van der Waals surface area contributed by atoms with Crippen LogP contribution in [0.15, 0.2) is 267 Å². The van der Waals surface area contributed by atoms with Crippen molar-refractivity contribution in [1.29, 1.82) is 0 Å². The summed E-state index contributed by atoms with van der Waals surface area (Å²) >= 11 is 0. The van der Waals surface area contributed by atoms with Crippen LogP contribution < -0.4 is 30.5 Å². The number of hydrogen-bond donors (Lipinski definition) is 3. The summed E-state index contributed by atoms with van der Waals surface area (Å²) in [6.07, 6.45) is 0.768. The van der Waals surface area contributed by atoms with Gasteiger partial charge in [0.2, 0.25) is 0 Å². The Morgan fingerprint density at radius 3 is 1.55 bits per heavy atom. The summed E-state index contributed by atoms with van der Waals surface area (Å²) < 4.78 is 9.34. The monoisotopic (exact) mass is 1140 g/mol. The van der Waals surface area contributed by atoms with Crippen molar-refractivity contribution < 1.29 is 4.74 Å². The molecule has 7 heteroatoms. The van der Waals surface area contributed by atoms with Gasteiger partial charge in [-0.05, 0) is 190 Å². The summed E-state index contributed by atoms with van der Waals surface area (Å²) in [5, 5.41) is 13.8. The van der Waals surface area contributed by atoms with E-state index in [-0.39, 0.29) is 16.2 Å². The molecular formula is C81H64N6O. The summed E-state index contributed by atoms with van der Waals surface area (Å²) in [6.45, 7) is 11.9. The third-order valence-corrected chi connectivity index (χ3v) is 19.5. The van der Waals surface area contributed by atoms with E-state index < -0.39 is 0 Å². The Kier molecular flexibility index (Phi) is 11.4. The van der Waals surface area contributed by atoms with Crippen molar-refractivity contribution in [1.82, 2.24) is 4.57 Å². The fourth-order valence-electron chi connectivity index (χ4n) is 15.1. The zero-order valence-electron chi connectivity index (χ0n) is 49.9. The minimum Gasteiger partial charge on any atom is -0.453 e. The minimum absolute atomic E-state index is 0.166. The lowest BCUT2D eigenvalue weighted by Crippen LogP contribution is -2.35. The van der Waals surface area contributed by atoms with E-state index in [0.717, 1.165) is 74.8 Å². The Morgan fingerprint density at radius 1 is 0.352 bits per heavy atom. The molecule has 424 valence electrons. The molecule has 1 aromatic heterocycles. The van der Waals surface area contributed by atoms with Crippen LogP contribution in [0.2, 0.25) is 0 Å². The fraction of sp³-hybridized carbons (Fsp3) is 0.111. The molecule has 0 unspecified atom stereocenters. The average molecular weight is 1140 g/mol. The Balaban J connectivity index is 0.682. The van der Waals surface area contributed by atoms with Crippen LogP contribution in [0.3, 0.4) is 0 Å². The molecule has 4 aliphatic heterocycles. The second-order valence-electron chi connectivity index (χ2n) is 25.5. The van der Waals surface area contributed by atoms with Crippen molar-refractivity contribution in [3.8, 4) is 28.3 Å². The van der Waals surface area contributed by atoms with Crippen molar-refractivity contribution in [2.24, 2.45) is 0 Å². The largest absolute Gasteiger partial charge is 0.453 e. The minimum atomic E-state index is -0.372. The maximum atomic E-state index is 6.89. The zero-order chi connectivity index (χ0) is 59.0. The van der Waals surface area contributed by atoms with Gasteiger partial charge in [-0.15, -0.1) is 0 Å². The smallest absolute Gasteiger partial charge is 0.153 e. The van der Waals surface area contributed by atoms with E-state index in [1.165, 1.54) is 88.9 Å². The number of fused-ring (bicyclic) bond motifs is 11. The van der Waals surface area contributed by atoms with Crippen LogP contribution >= 0.6 is 0 Å². The van der Waals surface area contributed by atoms with E-state index in [9.17, 15) is 0 Å². The maximum Gasteiger partial charge on any atom is 0.153 e. The fourth-order valence-corrected chi connectivity index (χ4v) is 15.1. The molecule has 7 nitrogen and oxygen atoms in total. The third-order valence-electron chi connectivity index (χ3n) is 19.5. The van der Waals surface area contributed by atoms with E-state index in [1.807, 2.05) is 0 Å². The second kappa shape index (κ2) is 19.4. The summed E-state index contributed by atoms with van der Waals surface area (Å²) in [5.41, 5.74) is 27.1. The lowest BCUT2D eigenvalue weighted by molar-refractivity contribution is 0.479. The summed E-state index contributed by atoms with van der Waals surface area (Å²) in [7, 11) is 0. The van der Waals surface area contributed by atoms with Gasteiger partial charge in [0.05, 0.1) is 33.8 Å². The van der Waals surface area contributed by atoms with E-state index in [4.69, 9.17) is 4.74 Å². The highest BCUT2D eigenvalue weighted by Gasteiger charge is 2.42. The average Bonchev–Trinajstić information content (AvgIpc) is 0.901. The van der Waals surface area contributed by atoms with Crippen LogP contribution in [0.5, 0.6) is 11.5 Å². The van der Waals surface area contributed by atoms with Crippen molar-refractivity contribution in [3.63, 3.8) is 0 Å². The quantitative estimate of drug-likeness (QED) is 0.141. The number of aromatic nitrogens is 1. The molecule has 0 bridgehead atoms. The molecule has 0 atom stereocenters. The van der Waals surface area contributed by atoms with Gasteiger partial charge in [0.15, 0.2) is 11.5 Å². The molecule has 5 heterocycles. The predicted molar refractivity (Wildman–Crippen MR) is 366 cm³/mol. The molecule has 0 saturated carbocycles. The molecular weight excluding hydrogens is 1070 g/mol. The molecule has 0 spiro atoms. The first-order valence-corrected chi connectivity index (χ1v) is 30.7. The van der Waals surface area contributed by atoms with Crippen molar-refractivity contribution >= 4 is 90.1 Å². The number of rotatable bonds is 8. The zero-order valence-corrected chi connectivity index (χ0v) is 49.9. The van der Waals surface area contributed by atoms with Gasteiger partial charge >= 0.3 is 0 Å². The lowest BCUT2D eigenvalue weighted by atomic mass is 9.68. The Bertz CT molecular complexity index is 4910. The maximum absolute atomic E-state index is 6.89. The van der Waals surface area contributed by atoms with Crippen LogP contribution in [0.4, 0.5) is 68.2 Å². The summed E-state index contributed by atoms with van der Waals surface area (Å²) in [4.78, 5) is 4.76. The summed E-state index contributed by atoms with van der Waals surface area (Å²) in [5.74, 6) is 1.60. The van der Waals surface area contributed by atoms with Crippen LogP contribution in [0, 0.1) is 0 Å². The molecule has 3 N–H and O–H groups in total. The SMILES string of the molecule is CC1(C)c2cc(-c3ccc4c(c3)c3ccccc3n4-c3ccc4c(c3)C(C)(C)c3ccccc3N4)ccc2Nc2ccc(N3c4ccccc4C(C)(Cc4ccc5c(c4)Oc4cc(N(c6ccccc6)c6ccccc6)ccc4N5)c4ccccc43)cc21. The first-order chi connectivity index (χ1) is 43.0. The first-order valence-electron chi connectivity index (χ1n) is 30.7. The number of nitrogens with one attached hydrogen (secondary N) is 3. The number of benzene rings is 12. The van der Waals surface area contributed by atoms with E-state index in [2.05, 4.69) is 332 Å². The lowest BCUT2D eigenvalue weighted by Gasteiger charge is -2.44. The van der Waals surface area contributed by atoms with Crippen molar-refractivity contribution in [3.05, 3.63) is 306 Å². The van der Waals surface area contributed by atoms with Crippen LogP contribution in [0.25, 0.3) is 38.6 Å². The molecule has 13 aromatic rings. The van der Waals surface area contributed by atoms with E-state index in [0.29, 0.717) is 0 Å². The van der Waals surface area contributed by atoms with Crippen LogP contribution in [0.1, 0.15) is 73.6 Å². The van der Waals surface area contributed by atoms with Gasteiger partial charge in [-0.1, -0.05) is 162 Å². The number of anilines is 12. The molecule has 12 aromatic carbocycles. The van der Waals surface area contributed by atoms with Gasteiger partial charge in [0.1, 0.15) is 0 Å². The number of hydrogen-bond acceptors (Lipinski definition) is 6. The standard InChI is InChI=1S/C81H64N6O/c1-79(2)61-25-13-16-28-67(61)82-69-40-35-56(47-65(69)79)86-73-29-17-12-24-59(73)60-45-52(34-43-74(60)86)53-33-39-68-64(46-53)80(3,4)66-48-57(36-41-70(66)83-68)87-75-30-18-14-26-62(75)81(5,63-27-15-19-31-76(63)87)50-51-32-38-71-77(44-51)88-78-49-58(37-42-72(78)84-71)85(54-20-8-6-9-21-54)55-22-10-7-11-23-55/h6-49,82-84H,50H2,1-5H3. The van der Waals surface area contributed by atoms with Crippen LogP contribution in [-0.2, 0) is 22.7 Å². The van der Waals surface area contributed by atoms with Crippen molar-refractivity contribution in [2.45, 2.75) is 57.3 Å². The topological polar surface area (TPSA) is 56.7 Å². The highest BCUT2D eigenvalue weighted by Crippen LogP contribution is 2.56. The third kappa shape index (κ3) is 7.96. The van der Waals surface area contributed by atoms with Gasteiger partial charge < -0.3 is 35.1 Å². The molecule has 0 saturated heterocycles. The Morgan fingerprint density at radius 2 is 0.841 bits per heavy atom. The highest BCUT2D eigenvalue weighted by atomic mass is 16.5. The molecule has 4 aliphatic rings. The predicted octanol–water partition coefficient (Wildman–Crippen LogP) is 21.9. The summed E-state index contributed by atoms with van der Waals surface area (Å²) in [6, 6.07) is 97.6. The number of para-hydroxylation sites is 6. The van der Waals surface area contributed by atoms with Gasteiger partial charge in [0.25, 0.3) is 0 Å². The number of ether oxygens (including phenoxy) is 1.